The van der Waals surface area contributed by atoms with Crippen LogP contribution < -0.4 is 10.6 Å². The Balaban J connectivity index is 1.95. The van der Waals surface area contributed by atoms with Crippen molar-refractivity contribution in [1.82, 2.24) is 20.4 Å². The standard InChI is InChI=1S/C20H30ClN5/c1-6-22-20(23-11-10-17-8-7-9-18(21)13-17)24-14(2)12-19-15(3)25-26(5)16(19)4/h7-9,13-14H,6,10-12H2,1-5H3,(H2,22,23,24). The van der Waals surface area contributed by atoms with E-state index in [0.717, 1.165) is 36.1 Å². The van der Waals surface area contributed by atoms with Crippen LogP contribution in [-0.4, -0.2) is 34.9 Å². The molecular formula is C20H30ClN5. The minimum Gasteiger partial charge on any atom is -0.357 e. The summed E-state index contributed by atoms with van der Waals surface area (Å²) in [5.41, 5.74) is 4.83. The molecule has 1 aromatic carbocycles. The molecule has 0 saturated carbocycles. The van der Waals surface area contributed by atoms with Crippen molar-refractivity contribution < 1.29 is 0 Å². The molecule has 0 aliphatic heterocycles. The lowest BCUT2D eigenvalue weighted by atomic mass is 10.1. The van der Waals surface area contributed by atoms with Crippen molar-refractivity contribution in [2.45, 2.75) is 46.6 Å². The molecule has 0 aliphatic rings. The highest BCUT2D eigenvalue weighted by molar-refractivity contribution is 6.30. The van der Waals surface area contributed by atoms with Crippen molar-refractivity contribution in [1.29, 1.82) is 0 Å². The Labute approximate surface area is 161 Å². The van der Waals surface area contributed by atoms with E-state index in [-0.39, 0.29) is 6.04 Å². The lowest BCUT2D eigenvalue weighted by Crippen LogP contribution is -2.43. The number of rotatable bonds is 7. The third kappa shape index (κ3) is 5.77. The van der Waals surface area contributed by atoms with Gasteiger partial charge in [0.15, 0.2) is 5.96 Å². The van der Waals surface area contributed by atoms with Gasteiger partial charge in [0.25, 0.3) is 0 Å². The topological polar surface area (TPSA) is 54.2 Å². The van der Waals surface area contributed by atoms with Crippen LogP contribution in [0.15, 0.2) is 29.3 Å². The molecule has 0 bridgehead atoms. The predicted octanol–water partition coefficient (Wildman–Crippen LogP) is 3.42. The molecule has 0 amide bonds. The van der Waals surface area contributed by atoms with Gasteiger partial charge in [-0.25, -0.2) is 0 Å². The lowest BCUT2D eigenvalue weighted by molar-refractivity contribution is 0.635. The van der Waals surface area contributed by atoms with Crippen LogP contribution >= 0.6 is 11.6 Å². The highest BCUT2D eigenvalue weighted by Crippen LogP contribution is 2.14. The normalized spacial score (nSPS) is 12.9. The number of benzene rings is 1. The van der Waals surface area contributed by atoms with Crippen molar-refractivity contribution >= 4 is 17.6 Å². The summed E-state index contributed by atoms with van der Waals surface area (Å²) in [5.74, 6) is 0.848. The van der Waals surface area contributed by atoms with Gasteiger partial charge >= 0.3 is 0 Å². The van der Waals surface area contributed by atoms with Crippen molar-refractivity contribution in [3.05, 3.63) is 51.8 Å². The Morgan fingerprint density at radius 2 is 2.12 bits per heavy atom. The maximum absolute atomic E-state index is 6.04. The SMILES string of the molecule is CCNC(=NCCc1cccc(Cl)c1)NC(C)Cc1c(C)nn(C)c1C. The Bertz CT molecular complexity index is 751. The first-order chi connectivity index (χ1) is 12.4. The summed E-state index contributed by atoms with van der Waals surface area (Å²) in [4.78, 5) is 4.70. The van der Waals surface area contributed by atoms with Crippen molar-refractivity contribution in [2.75, 3.05) is 13.1 Å². The minimum absolute atomic E-state index is 0.264. The smallest absolute Gasteiger partial charge is 0.191 e. The van der Waals surface area contributed by atoms with E-state index in [4.69, 9.17) is 16.6 Å². The molecule has 26 heavy (non-hydrogen) atoms. The molecule has 142 valence electrons. The third-order valence-electron chi connectivity index (χ3n) is 4.46. The maximum atomic E-state index is 6.04. The van der Waals surface area contributed by atoms with Gasteiger partial charge in [-0.15, -0.1) is 0 Å². The predicted molar refractivity (Wildman–Crippen MR) is 110 cm³/mol. The number of guanidine groups is 1. The van der Waals surface area contributed by atoms with E-state index >= 15 is 0 Å². The lowest BCUT2D eigenvalue weighted by Gasteiger charge is -2.18. The van der Waals surface area contributed by atoms with Gasteiger partial charge in [0, 0.05) is 36.9 Å². The Hall–Kier alpha value is -2.01. The van der Waals surface area contributed by atoms with E-state index in [9.17, 15) is 0 Å². The fraction of sp³-hybridized carbons (Fsp3) is 0.500. The molecule has 6 heteroatoms. The second-order valence-electron chi connectivity index (χ2n) is 6.66. The van der Waals surface area contributed by atoms with Gasteiger partial charge in [0.2, 0.25) is 0 Å². The number of hydrogen-bond donors (Lipinski definition) is 2. The van der Waals surface area contributed by atoms with Gasteiger partial charge in [-0.3, -0.25) is 9.67 Å². The van der Waals surface area contributed by atoms with Crippen LogP contribution in [0.5, 0.6) is 0 Å². The fourth-order valence-electron chi connectivity index (χ4n) is 3.01. The van der Waals surface area contributed by atoms with Crippen molar-refractivity contribution in [3.8, 4) is 0 Å². The summed E-state index contributed by atoms with van der Waals surface area (Å²) in [6.07, 6.45) is 1.79. The molecule has 0 saturated heterocycles. The van der Waals surface area contributed by atoms with Crippen molar-refractivity contribution in [2.24, 2.45) is 12.0 Å². The number of aliphatic imine (C=N–C) groups is 1. The van der Waals surface area contributed by atoms with Gasteiger partial charge in [-0.1, -0.05) is 23.7 Å². The maximum Gasteiger partial charge on any atom is 0.191 e. The Morgan fingerprint density at radius 1 is 1.35 bits per heavy atom. The number of aryl methyl sites for hydroxylation is 2. The number of nitrogens with one attached hydrogen (secondary N) is 2. The third-order valence-corrected chi connectivity index (χ3v) is 4.69. The summed E-state index contributed by atoms with van der Waals surface area (Å²) in [7, 11) is 1.99. The van der Waals surface area contributed by atoms with Crippen LogP contribution in [0.3, 0.4) is 0 Å². The second kappa shape index (κ2) is 9.62. The summed E-state index contributed by atoms with van der Waals surface area (Å²) in [6, 6.07) is 8.21. The molecule has 0 aliphatic carbocycles. The van der Waals surface area contributed by atoms with Gasteiger partial charge < -0.3 is 10.6 Å². The molecule has 2 N–H and O–H groups in total. The summed E-state index contributed by atoms with van der Waals surface area (Å²) < 4.78 is 1.95. The molecule has 1 heterocycles. The van der Waals surface area contributed by atoms with E-state index in [1.165, 1.54) is 16.8 Å². The Kier molecular flexibility index (Phi) is 7.51. The summed E-state index contributed by atoms with van der Waals surface area (Å²) in [6.45, 7) is 9.99. The van der Waals surface area contributed by atoms with Crippen LogP contribution in [0, 0.1) is 13.8 Å². The zero-order valence-electron chi connectivity index (χ0n) is 16.4. The Morgan fingerprint density at radius 3 is 2.73 bits per heavy atom. The van der Waals surface area contributed by atoms with Crippen LogP contribution in [-0.2, 0) is 19.9 Å². The quantitative estimate of drug-likeness (QED) is 0.576. The molecule has 2 rings (SSSR count). The minimum atomic E-state index is 0.264. The van der Waals surface area contributed by atoms with E-state index in [2.05, 4.69) is 49.5 Å². The average Bonchev–Trinajstić information content (AvgIpc) is 2.81. The molecule has 2 aromatic rings. The molecule has 0 radical (unpaired) electrons. The first-order valence-corrected chi connectivity index (χ1v) is 9.56. The number of halogens is 1. The van der Waals surface area contributed by atoms with Gasteiger partial charge in [0.05, 0.1) is 5.69 Å². The van der Waals surface area contributed by atoms with E-state index < -0.39 is 0 Å². The zero-order chi connectivity index (χ0) is 19.1. The van der Waals surface area contributed by atoms with Crippen LogP contribution in [0.4, 0.5) is 0 Å². The van der Waals surface area contributed by atoms with Gasteiger partial charge in [0.1, 0.15) is 0 Å². The molecular weight excluding hydrogens is 346 g/mol. The summed E-state index contributed by atoms with van der Waals surface area (Å²) >= 11 is 6.04. The van der Waals surface area contributed by atoms with Crippen LogP contribution in [0.25, 0.3) is 0 Å². The average molecular weight is 376 g/mol. The molecule has 1 unspecified atom stereocenters. The molecule has 1 atom stereocenters. The number of hydrogen-bond acceptors (Lipinski definition) is 2. The summed E-state index contributed by atoms with van der Waals surface area (Å²) in [5, 5.41) is 12.1. The fourth-order valence-corrected chi connectivity index (χ4v) is 3.23. The van der Waals surface area contributed by atoms with Crippen molar-refractivity contribution in [3.63, 3.8) is 0 Å². The zero-order valence-corrected chi connectivity index (χ0v) is 17.2. The molecule has 5 nitrogen and oxygen atoms in total. The number of aromatic nitrogens is 2. The van der Waals surface area contributed by atoms with Crippen LogP contribution in [0.2, 0.25) is 5.02 Å². The highest BCUT2D eigenvalue weighted by atomic mass is 35.5. The molecule has 0 fully saturated rings. The highest BCUT2D eigenvalue weighted by Gasteiger charge is 2.13. The van der Waals surface area contributed by atoms with Gasteiger partial charge in [-0.05, 0) is 63.8 Å². The van der Waals surface area contributed by atoms with Crippen LogP contribution in [0.1, 0.15) is 36.4 Å². The first-order valence-electron chi connectivity index (χ1n) is 9.19. The first kappa shape index (κ1) is 20.3. The molecule has 1 aromatic heterocycles. The van der Waals surface area contributed by atoms with E-state index in [1.54, 1.807) is 0 Å². The number of nitrogens with zero attached hydrogens (tertiary/aromatic N) is 3. The molecule has 0 spiro atoms. The second-order valence-corrected chi connectivity index (χ2v) is 7.10. The largest absolute Gasteiger partial charge is 0.357 e. The van der Waals surface area contributed by atoms with E-state index in [1.807, 2.05) is 29.9 Å². The van der Waals surface area contributed by atoms with Gasteiger partial charge in [-0.2, -0.15) is 5.10 Å². The van der Waals surface area contributed by atoms with E-state index in [0.29, 0.717) is 6.54 Å². The monoisotopic (exact) mass is 375 g/mol.